The summed E-state index contributed by atoms with van der Waals surface area (Å²) >= 11 is 0. The Kier molecular flexibility index (Phi) is 5.92. The molecule has 0 bridgehead atoms. The molecule has 19 heavy (non-hydrogen) atoms. The van der Waals surface area contributed by atoms with Crippen LogP contribution in [0.4, 0.5) is 5.69 Å². The highest BCUT2D eigenvalue weighted by Gasteiger charge is 2.18. The smallest absolute Gasteiger partial charge is 0.273 e. The molecule has 0 saturated carbocycles. The van der Waals surface area contributed by atoms with Gasteiger partial charge in [-0.3, -0.25) is 10.1 Å². The lowest BCUT2D eigenvalue weighted by Gasteiger charge is -2.24. The van der Waals surface area contributed by atoms with E-state index in [0.29, 0.717) is 12.1 Å². The number of nitrogens with zero attached hydrogens (tertiary/aromatic N) is 1. The number of aliphatic hydroxyl groups is 1. The van der Waals surface area contributed by atoms with Gasteiger partial charge >= 0.3 is 0 Å². The molecule has 0 aliphatic carbocycles. The van der Waals surface area contributed by atoms with Crippen molar-refractivity contribution in [2.24, 2.45) is 5.41 Å². The van der Waals surface area contributed by atoms with Crippen molar-refractivity contribution in [3.05, 3.63) is 39.9 Å². The van der Waals surface area contributed by atoms with Gasteiger partial charge < -0.3 is 10.4 Å². The van der Waals surface area contributed by atoms with Gasteiger partial charge in [0.05, 0.1) is 4.92 Å². The first-order chi connectivity index (χ1) is 8.96. The minimum absolute atomic E-state index is 0.0757. The molecule has 0 radical (unpaired) electrons. The molecule has 1 rings (SSSR count). The number of nitro groups is 1. The Morgan fingerprint density at radius 3 is 2.68 bits per heavy atom. The summed E-state index contributed by atoms with van der Waals surface area (Å²) in [4.78, 5) is 10.5. The van der Waals surface area contributed by atoms with Crippen molar-refractivity contribution >= 4 is 5.69 Å². The number of para-hydroxylation sites is 1. The molecule has 1 aromatic carbocycles. The van der Waals surface area contributed by atoms with Crippen molar-refractivity contribution in [3.63, 3.8) is 0 Å². The highest BCUT2D eigenvalue weighted by molar-refractivity contribution is 5.39. The van der Waals surface area contributed by atoms with Crippen LogP contribution in [0.5, 0.6) is 0 Å². The minimum Gasteiger partial charge on any atom is -0.396 e. The fourth-order valence-electron chi connectivity index (χ4n) is 2.02. The fourth-order valence-corrected chi connectivity index (χ4v) is 2.02. The molecule has 0 fully saturated rings. The van der Waals surface area contributed by atoms with E-state index in [0.717, 1.165) is 19.4 Å². The topological polar surface area (TPSA) is 75.4 Å². The van der Waals surface area contributed by atoms with E-state index < -0.39 is 0 Å². The van der Waals surface area contributed by atoms with Gasteiger partial charge in [-0.15, -0.1) is 0 Å². The predicted molar refractivity (Wildman–Crippen MR) is 74.9 cm³/mol. The van der Waals surface area contributed by atoms with Gasteiger partial charge in [0.15, 0.2) is 0 Å². The van der Waals surface area contributed by atoms with Gasteiger partial charge in [0.25, 0.3) is 5.69 Å². The number of hydrogen-bond donors (Lipinski definition) is 2. The third-order valence-electron chi connectivity index (χ3n) is 3.12. The minimum atomic E-state index is -0.353. The van der Waals surface area contributed by atoms with E-state index in [1.54, 1.807) is 18.2 Å². The molecule has 0 aliphatic rings. The fraction of sp³-hybridized carbons (Fsp3) is 0.571. The Labute approximate surface area is 113 Å². The summed E-state index contributed by atoms with van der Waals surface area (Å²) in [5.74, 6) is 0. The highest BCUT2D eigenvalue weighted by Crippen LogP contribution is 2.22. The van der Waals surface area contributed by atoms with Crippen LogP contribution < -0.4 is 5.32 Å². The zero-order chi connectivity index (χ0) is 14.3. The molecule has 0 saturated heterocycles. The van der Waals surface area contributed by atoms with Crippen LogP contribution >= 0.6 is 0 Å². The largest absolute Gasteiger partial charge is 0.396 e. The number of hydrogen-bond acceptors (Lipinski definition) is 4. The van der Waals surface area contributed by atoms with Crippen molar-refractivity contribution in [2.75, 3.05) is 13.2 Å². The standard InChI is InChI=1S/C14H22N2O3/c1-14(2,8-5-9-17)11-15-10-12-6-3-4-7-13(12)16(18)19/h3-4,6-7,15,17H,5,8-11H2,1-2H3. The van der Waals surface area contributed by atoms with Crippen molar-refractivity contribution in [1.82, 2.24) is 5.32 Å². The molecule has 0 unspecified atom stereocenters. The number of rotatable bonds is 8. The summed E-state index contributed by atoms with van der Waals surface area (Å²) in [5, 5.41) is 23.0. The predicted octanol–water partition coefficient (Wildman–Crippen LogP) is 2.48. The first-order valence-electron chi connectivity index (χ1n) is 6.50. The van der Waals surface area contributed by atoms with Crippen LogP contribution in [0.3, 0.4) is 0 Å². The monoisotopic (exact) mass is 266 g/mol. The molecule has 0 spiro atoms. The normalized spacial score (nSPS) is 11.5. The van der Waals surface area contributed by atoms with Crippen LogP contribution in [-0.4, -0.2) is 23.2 Å². The number of nitro benzene ring substituents is 1. The Morgan fingerprint density at radius 1 is 1.37 bits per heavy atom. The van der Waals surface area contributed by atoms with Gasteiger partial charge in [0.1, 0.15) is 0 Å². The van der Waals surface area contributed by atoms with Gasteiger partial charge in [0, 0.05) is 31.3 Å². The Morgan fingerprint density at radius 2 is 2.05 bits per heavy atom. The molecule has 5 heteroatoms. The van der Waals surface area contributed by atoms with Gasteiger partial charge in [-0.25, -0.2) is 0 Å². The second-order valence-electron chi connectivity index (χ2n) is 5.48. The van der Waals surface area contributed by atoms with E-state index in [1.165, 1.54) is 6.07 Å². The van der Waals surface area contributed by atoms with E-state index in [1.807, 2.05) is 0 Å². The van der Waals surface area contributed by atoms with Crippen molar-refractivity contribution in [1.29, 1.82) is 0 Å². The second kappa shape index (κ2) is 7.21. The van der Waals surface area contributed by atoms with Crippen LogP contribution in [-0.2, 0) is 6.54 Å². The Balaban J connectivity index is 2.51. The van der Waals surface area contributed by atoms with E-state index in [2.05, 4.69) is 19.2 Å². The summed E-state index contributed by atoms with van der Waals surface area (Å²) in [6.07, 6.45) is 1.70. The average Bonchev–Trinajstić information content (AvgIpc) is 2.36. The molecular formula is C14H22N2O3. The molecule has 0 atom stereocenters. The summed E-state index contributed by atoms with van der Waals surface area (Å²) in [6, 6.07) is 6.77. The summed E-state index contributed by atoms with van der Waals surface area (Å²) in [6.45, 7) is 5.69. The van der Waals surface area contributed by atoms with E-state index in [-0.39, 0.29) is 22.6 Å². The number of nitrogens with one attached hydrogen (secondary N) is 1. The van der Waals surface area contributed by atoms with Crippen molar-refractivity contribution in [3.8, 4) is 0 Å². The van der Waals surface area contributed by atoms with Crippen molar-refractivity contribution in [2.45, 2.75) is 33.2 Å². The van der Waals surface area contributed by atoms with E-state index >= 15 is 0 Å². The maximum Gasteiger partial charge on any atom is 0.273 e. The SMILES string of the molecule is CC(C)(CCCO)CNCc1ccccc1[N+](=O)[O-]. The molecule has 0 amide bonds. The third kappa shape index (κ3) is 5.36. The van der Waals surface area contributed by atoms with E-state index in [4.69, 9.17) is 5.11 Å². The Bertz CT molecular complexity index is 419. The zero-order valence-corrected chi connectivity index (χ0v) is 11.6. The van der Waals surface area contributed by atoms with Crippen LogP contribution in [0.25, 0.3) is 0 Å². The number of benzene rings is 1. The molecule has 0 aromatic heterocycles. The molecule has 0 heterocycles. The molecule has 106 valence electrons. The summed E-state index contributed by atoms with van der Waals surface area (Å²) in [7, 11) is 0. The zero-order valence-electron chi connectivity index (χ0n) is 11.6. The summed E-state index contributed by atoms with van der Waals surface area (Å²) < 4.78 is 0. The average molecular weight is 266 g/mol. The van der Waals surface area contributed by atoms with Gasteiger partial charge in [-0.1, -0.05) is 32.0 Å². The van der Waals surface area contributed by atoms with Gasteiger partial charge in [-0.05, 0) is 18.3 Å². The molecule has 2 N–H and O–H groups in total. The quantitative estimate of drug-likeness (QED) is 0.560. The second-order valence-corrected chi connectivity index (χ2v) is 5.48. The lowest BCUT2D eigenvalue weighted by Crippen LogP contribution is -2.29. The van der Waals surface area contributed by atoms with Crippen LogP contribution in [0, 0.1) is 15.5 Å². The van der Waals surface area contributed by atoms with E-state index in [9.17, 15) is 10.1 Å². The maximum absolute atomic E-state index is 10.9. The number of aliphatic hydroxyl groups excluding tert-OH is 1. The summed E-state index contributed by atoms with van der Waals surface area (Å²) in [5.41, 5.74) is 0.931. The van der Waals surface area contributed by atoms with Gasteiger partial charge in [0.2, 0.25) is 0 Å². The lowest BCUT2D eigenvalue weighted by molar-refractivity contribution is -0.385. The highest BCUT2D eigenvalue weighted by atomic mass is 16.6. The first-order valence-corrected chi connectivity index (χ1v) is 6.50. The molecule has 5 nitrogen and oxygen atoms in total. The van der Waals surface area contributed by atoms with Crippen LogP contribution in [0.2, 0.25) is 0 Å². The maximum atomic E-state index is 10.9. The van der Waals surface area contributed by atoms with Gasteiger partial charge in [-0.2, -0.15) is 0 Å². The van der Waals surface area contributed by atoms with Crippen LogP contribution in [0.15, 0.2) is 24.3 Å². The molecular weight excluding hydrogens is 244 g/mol. The first kappa shape index (κ1) is 15.6. The molecule has 0 aliphatic heterocycles. The molecule has 1 aromatic rings. The lowest BCUT2D eigenvalue weighted by atomic mass is 9.88. The Hall–Kier alpha value is -1.46. The third-order valence-corrected chi connectivity index (χ3v) is 3.12. The van der Waals surface area contributed by atoms with Crippen molar-refractivity contribution < 1.29 is 10.0 Å². The van der Waals surface area contributed by atoms with Crippen LogP contribution in [0.1, 0.15) is 32.3 Å².